The van der Waals surface area contributed by atoms with Gasteiger partial charge in [0.15, 0.2) is 0 Å². The predicted molar refractivity (Wildman–Crippen MR) is 82.6 cm³/mol. The van der Waals surface area contributed by atoms with Gasteiger partial charge >= 0.3 is 0 Å². The Balaban J connectivity index is 1.99. The molecule has 0 heteroatoms. The van der Waals surface area contributed by atoms with Crippen LogP contribution in [0, 0.1) is 17.8 Å². The molecule has 1 aromatic carbocycles. The Morgan fingerprint density at radius 3 is 2.47 bits per heavy atom. The van der Waals surface area contributed by atoms with E-state index >= 15 is 0 Å². The largest absolute Gasteiger partial charge is 0.0622 e. The van der Waals surface area contributed by atoms with E-state index in [9.17, 15) is 0 Å². The lowest BCUT2D eigenvalue weighted by molar-refractivity contribution is 0.145. The van der Waals surface area contributed by atoms with Crippen LogP contribution < -0.4 is 0 Å². The average Bonchev–Trinajstić information content (AvgIpc) is 2.41. The van der Waals surface area contributed by atoms with Gasteiger partial charge in [0.1, 0.15) is 0 Å². The molecule has 0 amide bonds. The Morgan fingerprint density at radius 2 is 1.74 bits per heavy atom. The molecule has 0 aromatic heterocycles. The van der Waals surface area contributed by atoms with Gasteiger partial charge in [-0.2, -0.15) is 0 Å². The lowest BCUT2D eigenvalue weighted by atomic mass is 9.60. The van der Waals surface area contributed by atoms with Gasteiger partial charge in [-0.15, -0.1) is 0 Å². The summed E-state index contributed by atoms with van der Waals surface area (Å²) in [5, 5.41) is 0. The Bertz CT molecular complexity index is 457. The molecule has 0 bridgehead atoms. The van der Waals surface area contributed by atoms with E-state index in [1.165, 1.54) is 31.2 Å². The zero-order chi connectivity index (χ0) is 13.6. The van der Waals surface area contributed by atoms with E-state index in [0.717, 1.165) is 23.7 Å². The predicted octanol–water partition coefficient (Wildman–Crippen LogP) is 5.52. The highest BCUT2D eigenvalue weighted by Crippen LogP contribution is 2.50. The molecule has 0 radical (unpaired) electrons. The van der Waals surface area contributed by atoms with E-state index in [1.54, 1.807) is 11.1 Å². The highest BCUT2D eigenvalue weighted by molar-refractivity contribution is 5.39. The molecule has 0 spiro atoms. The molecule has 0 heterocycles. The second kappa shape index (κ2) is 4.96. The highest BCUT2D eigenvalue weighted by atomic mass is 14.4. The Labute approximate surface area is 118 Å². The summed E-state index contributed by atoms with van der Waals surface area (Å²) in [6.07, 6.45) is 5.61. The molecule has 19 heavy (non-hydrogen) atoms. The molecule has 4 atom stereocenters. The molecule has 1 saturated carbocycles. The van der Waals surface area contributed by atoms with Crippen molar-refractivity contribution in [2.24, 2.45) is 17.8 Å². The summed E-state index contributed by atoms with van der Waals surface area (Å²) >= 11 is 0. The molecule has 2 aliphatic carbocycles. The lowest BCUT2D eigenvalue weighted by Gasteiger charge is -2.45. The van der Waals surface area contributed by atoms with Crippen LogP contribution in [0.5, 0.6) is 0 Å². The minimum absolute atomic E-state index is 0.658. The highest BCUT2D eigenvalue weighted by Gasteiger charge is 2.39. The van der Waals surface area contributed by atoms with Gasteiger partial charge in [0.2, 0.25) is 0 Å². The number of aryl methyl sites for hydroxylation is 1. The Hall–Kier alpha value is -0.780. The summed E-state index contributed by atoms with van der Waals surface area (Å²) < 4.78 is 0. The van der Waals surface area contributed by atoms with Gasteiger partial charge in [-0.1, -0.05) is 52.3 Å². The zero-order valence-corrected chi connectivity index (χ0v) is 12.9. The molecule has 0 N–H and O–H groups in total. The van der Waals surface area contributed by atoms with Gasteiger partial charge in [0.25, 0.3) is 0 Å². The molecule has 2 aliphatic rings. The van der Waals surface area contributed by atoms with E-state index in [0.29, 0.717) is 5.92 Å². The summed E-state index contributed by atoms with van der Waals surface area (Å²) in [7, 11) is 0. The topological polar surface area (TPSA) is 0 Å². The van der Waals surface area contributed by atoms with E-state index in [4.69, 9.17) is 0 Å². The molecular formula is C19H28. The zero-order valence-electron chi connectivity index (χ0n) is 12.9. The Kier molecular flexibility index (Phi) is 3.45. The van der Waals surface area contributed by atoms with Crippen LogP contribution in [-0.4, -0.2) is 0 Å². The number of hydrogen-bond acceptors (Lipinski definition) is 0. The first-order valence-corrected chi connectivity index (χ1v) is 8.20. The second-order valence-corrected chi connectivity index (χ2v) is 7.37. The molecule has 0 nitrogen and oxygen atoms in total. The number of hydrogen-bond donors (Lipinski definition) is 0. The number of fused-ring (bicyclic) bond motifs is 3. The first-order valence-electron chi connectivity index (χ1n) is 8.20. The first kappa shape index (κ1) is 13.2. The van der Waals surface area contributed by atoms with Crippen LogP contribution in [0.3, 0.4) is 0 Å². The maximum absolute atomic E-state index is 2.50. The van der Waals surface area contributed by atoms with E-state index in [2.05, 4.69) is 45.9 Å². The lowest BCUT2D eigenvalue weighted by Crippen LogP contribution is -2.34. The normalized spacial score (nSPS) is 33.9. The summed E-state index contributed by atoms with van der Waals surface area (Å²) in [6, 6.07) is 7.36. The molecule has 104 valence electrons. The van der Waals surface area contributed by atoms with Crippen molar-refractivity contribution in [3.63, 3.8) is 0 Å². The van der Waals surface area contributed by atoms with Crippen LogP contribution in [0.1, 0.15) is 75.5 Å². The van der Waals surface area contributed by atoms with Crippen molar-refractivity contribution in [1.29, 1.82) is 0 Å². The van der Waals surface area contributed by atoms with Crippen molar-refractivity contribution in [3.05, 3.63) is 34.9 Å². The molecule has 3 rings (SSSR count). The monoisotopic (exact) mass is 256 g/mol. The van der Waals surface area contributed by atoms with Crippen molar-refractivity contribution in [1.82, 2.24) is 0 Å². The quantitative estimate of drug-likeness (QED) is 0.620. The summed E-state index contributed by atoms with van der Waals surface area (Å²) in [6.45, 7) is 9.57. The van der Waals surface area contributed by atoms with Crippen molar-refractivity contribution in [3.8, 4) is 0 Å². The van der Waals surface area contributed by atoms with Gasteiger partial charge in [-0.05, 0) is 65.5 Å². The third-order valence-electron chi connectivity index (χ3n) is 5.82. The molecule has 4 unspecified atom stereocenters. The molecular weight excluding hydrogens is 228 g/mol. The maximum Gasteiger partial charge on any atom is -0.0103 e. The summed E-state index contributed by atoms with van der Waals surface area (Å²) in [5.41, 5.74) is 4.88. The summed E-state index contributed by atoms with van der Waals surface area (Å²) in [5.74, 6) is 4.25. The average molecular weight is 256 g/mol. The minimum Gasteiger partial charge on any atom is -0.0622 e. The fraction of sp³-hybridized carbons (Fsp3) is 0.684. The third-order valence-corrected chi connectivity index (χ3v) is 5.82. The molecule has 0 aliphatic heterocycles. The van der Waals surface area contributed by atoms with Crippen LogP contribution in [0.25, 0.3) is 0 Å². The summed E-state index contributed by atoms with van der Waals surface area (Å²) in [4.78, 5) is 0. The van der Waals surface area contributed by atoms with Crippen LogP contribution >= 0.6 is 0 Å². The molecule has 1 fully saturated rings. The molecule has 1 aromatic rings. The minimum atomic E-state index is 0.658. The van der Waals surface area contributed by atoms with Crippen molar-refractivity contribution in [2.45, 2.75) is 65.2 Å². The van der Waals surface area contributed by atoms with Gasteiger partial charge in [0, 0.05) is 0 Å². The van der Waals surface area contributed by atoms with E-state index < -0.39 is 0 Å². The third kappa shape index (κ3) is 2.24. The standard InChI is InChI=1S/C19H28/c1-12(2)15-7-10-18-16(11-15)8-9-17-13(3)5-6-14(4)19(17)18/h7,10-14,17,19H,5-6,8-9H2,1-4H3. The number of rotatable bonds is 1. The van der Waals surface area contributed by atoms with Crippen LogP contribution in [-0.2, 0) is 6.42 Å². The second-order valence-electron chi connectivity index (χ2n) is 7.37. The maximum atomic E-state index is 2.50. The van der Waals surface area contributed by atoms with E-state index in [-0.39, 0.29) is 0 Å². The van der Waals surface area contributed by atoms with Gasteiger partial charge in [-0.25, -0.2) is 0 Å². The van der Waals surface area contributed by atoms with Crippen LogP contribution in [0.15, 0.2) is 18.2 Å². The van der Waals surface area contributed by atoms with Crippen molar-refractivity contribution < 1.29 is 0 Å². The van der Waals surface area contributed by atoms with Crippen LogP contribution in [0.4, 0.5) is 0 Å². The fourth-order valence-corrected chi connectivity index (χ4v) is 4.55. The van der Waals surface area contributed by atoms with Gasteiger partial charge in [0.05, 0.1) is 0 Å². The Morgan fingerprint density at radius 1 is 1.00 bits per heavy atom. The van der Waals surface area contributed by atoms with Gasteiger partial charge < -0.3 is 0 Å². The van der Waals surface area contributed by atoms with Crippen LogP contribution in [0.2, 0.25) is 0 Å². The smallest absolute Gasteiger partial charge is 0.0103 e. The van der Waals surface area contributed by atoms with Gasteiger partial charge in [-0.3, -0.25) is 0 Å². The SMILES string of the molecule is CC(C)c1ccc2c(c1)CCC1C(C)CCC(C)C21. The van der Waals surface area contributed by atoms with E-state index in [1.807, 2.05) is 0 Å². The first-order chi connectivity index (χ1) is 9.08. The fourth-order valence-electron chi connectivity index (χ4n) is 4.55. The van der Waals surface area contributed by atoms with Crippen molar-refractivity contribution >= 4 is 0 Å². The molecule has 0 saturated heterocycles. The van der Waals surface area contributed by atoms with Crippen molar-refractivity contribution in [2.75, 3.05) is 0 Å². The number of benzene rings is 1.